The Kier molecular flexibility index (Phi) is 4.72. The van der Waals surface area contributed by atoms with Gasteiger partial charge in [0.25, 0.3) is 0 Å². The monoisotopic (exact) mass is 340 g/mol. The third-order valence-corrected chi connectivity index (χ3v) is 3.92. The lowest BCUT2D eigenvalue weighted by Gasteiger charge is -2.03. The molecule has 0 aliphatic rings. The topological polar surface area (TPSA) is 39.4 Å². The van der Waals surface area contributed by atoms with Crippen LogP contribution in [0.25, 0.3) is 22.6 Å². The Morgan fingerprint density at radius 1 is 1.04 bits per heavy atom. The highest BCUT2D eigenvalue weighted by atomic mass is 35.5. The van der Waals surface area contributed by atoms with E-state index >= 15 is 0 Å². The summed E-state index contributed by atoms with van der Waals surface area (Å²) in [6.45, 7) is 4.11. The average Bonchev–Trinajstić information content (AvgIpc) is 3.02. The van der Waals surface area contributed by atoms with Gasteiger partial charge < -0.3 is 9.15 Å². The first-order chi connectivity index (χ1) is 11.6. The van der Waals surface area contributed by atoms with Gasteiger partial charge in [0.05, 0.1) is 6.61 Å². The van der Waals surface area contributed by atoms with Crippen molar-refractivity contribution in [3.63, 3.8) is 0 Å². The molecule has 122 valence electrons. The minimum absolute atomic E-state index is 0.309. The van der Waals surface area contributed by atoms with Crippen molar-refractivity contribution in [2.45, 2.75) is 13.8 Å². The fraction of sp³-hybridized carbons (Fsp3) is 0.150. The molecule has 0 aliphatic carbocycles. The number of furan rings is 1. The Labute approximate surface area is 145 Å². The van der Waals surface area contributed by atoms with E-state index in [9.17, 15) is 4.79 Å². The van der Waals surface area contributed by atoms with Crippen LogP contribution < -0.4 is 0 Å². The molecule has 24 heavy (non-hydrogen) atoms. The maximum absolute atomic E-state index is 12.3. The van der Waals surface area contributed by atoms with Gasteiger partial charge in [0.15, 0.2) is 0 Å². The number of esters is 1. The van der Waals surface area contributed by atoms with Crippen LogP contribution in [-0.2, 0) is 4.74 Å². The number of halogens is 1. The fourth-order valence-corrected chi connectivity index (χ4v) is 2.55. The number of aryl methyl sites for hydroxylation is 1. The summed E-state index contributed by atoms with van der Waals surface area (Å²) in [5.74, 6) is 0.716. The largest absolute Gasteiger partial charge is 0.462 e. The summed E-state index contributed by atoms with van der Waals surface area (Å²) < 4.78 is 11.1. The first-order valence-corrected chi connectivity index (χ1v) is 8.10. The predicted molar refractivity (Wildman–Crippen MR) is 95.3 cm³/mol. The summed E-state index contributed by atoms with van der Waals surface area (Å²) in [4.78, 5) is 12.3. The second-order valence-corrected chi connectivity index (χ2v) is 5.88. The second kappa shape index (κ2) is 6.93. The standard InChI is InChI=1S/C20H17ClO3/c1-3-23-20(22)17-12-18(14-6-4-13(2)5-7-14)24-19(17)15-8-10-16(21)11-9-15/h4-12H,3H2,1-2H3. The summed E-state index contributed by atoms with van der Waals surface area (Å²) in [5.41, 5.74) is 3.26. The smallest absolute Gasteiger partial charge is 0.342 e. The fourth-order valence-electron chi connectivity index (χ4n) is 2.43. The Balaban J connectivity index is 2.10. The van der Waals surface area contributed by atoms with Crippen LogP contribution in [0.5, 0.6) is 0 Å². The maximum atomic E-state index is 12.3. The number of carbonyl (C=O) groups is 1. The minimum Gasteiger partial charge on any atom is -0.462 e. The van der Waals surface area contributed by atoms with Crippen LogP contribution in [0.2, 0.25) is 5.02 Å². The van der Waals surface area contributed by atoms with Crippen molar-refractivity contribution < 1.29 is 13.9 Å². The molecule has 3 aromatic rings. The van der Waals surface area contributed by atoms with Crippen LogP contribution in [-0.4, -0.2) is 12.6 Å². The molecule has 0 radical (unpaired) electrons. The molecule has 0 atom stereocenters. The Bertz CT molecular complexity index is 846. The van der Waals surface area contributed by atoms with Gasteiger partial charge in [0.2, 0.25) is 0 Å². The normalized spacial score (nSPS) is 10.6. The Hall–Kier alpha value is -2.52. The van der Waals surface area contributed by atoms with Crippen LogP contribution in [0.3, 0.4) is 0 Å². The molecule has 0 spiro atoms. The molecular formula is C20H17ClO3. The van der Waals surface area contributed by atoms with Crippen molar-refractivity contribution in [3.8, 4) is 22.6 Å². The Morgan fingerprint density at radius 3 is 2.29 bits per heavy atom. The highest BCUT2D eigenvalue weighted by Gasteiger charge is 2.21. The number of hydrogen-bond acceptors (Lipinski definition) is 3. The number of ether oxygens (including phenoxy) is 1. The zero-order valence-corrected chi connectivity index (χ0v) is 14.3. The lowest BCUT2D eigenvalue weighted by molar-refractivity contribution is 0.0527. The highest BCUT2D eigenvalue weighted by molar-refractivity contribution is 6.30. The third kappa shape index (κ3) is 3.36. The molecule has 0 aliphatic heterocycles. The van der Waals surface area contributed by atoms with Crippen molar-refractivity contribution >= 4 is 17.6 Å². The van der Waals surface area contributed by atoms with Crippen LogP contribution in [0, 0.1) is 6.92 Å². The molecule has 0 bridgehead atoms. The zero-order valence-electron chi connectivity index (χ0n) is 13.5. The van der Waals surface area contributed by atoms with E-state index in [1.54, 1.807) is 25.1 Å². The van der Waals surface area contributed by atoms with Gasteiger partial charge in [0, 0.05) is 16.1 Å². The van der Waals surface area contributed by atoms with E-state index in [1.807, 2.05) is 43.3 Å². The van der Waals surface area contributed by atoms with E-state index in [1.165, 1.54) is 0 Å². The van der Waals surface area contributed by atoms with Crippen LogP contribution >= 0.6 is 11.6 Å². The van der Waals surface area contributed by atoms with Gasteiger partial charge in [-0.1, -0.05) is 41.4 Å². The molecule has 4 heteroatoms. The summed E-state index contributed by atoms with van der Waals surface area (Å²) in [5, 5.41) is 0.627. The van der Waals surface area contributed by atoms with E-state index in [-0.39, 0.29) is 0 Å². The van der Waals surface area contributed by atoms with Gasteiger partial charge in [-0.15, -0.1) is 0 Å². The minimum atomic E-state index is -0.399. The van der Waals surface area contributed by atoms with E-state index in [2.05, 4.69) is 0 Å². The van der Waals surface area contributed by atoms with Gasteiger partial charge in [-0.25, -0.2) is 4.79 Å². The van der Waals surface area contributed by atoms with Crippen molar-refractivity contribution in [1.29, 1.82) is 0 Å². The van der Waals surface area contributed by atoms with Gasteiger partial charge >= 0.3 is 5.97 Å². The SMILES string of the molecule is CCOC(=O)c1cc(-c2ccc(C)cc2)oc1-c1ccc(Cl)cc1. The lowest BCUT2D eigenvalue weighted by atomic mass is 10.1. The maximum Gasteiger partial charge on any atom is 0.342 e. The first-order valence-electron chi connectivity index (χ1n) is 7.72. The molecule has 3 nitrogen and oxygen atoms in total. The van der Waals surface area contributed by atoms with Crippen molar-refractivity contribution in [3.05, 3.63) is 70.7 Å². The van der Waals surface area contributed by atoms with Crippen molar-refractivity contribution in [2.24, 2.45) is 0 Å². The predicted octanol–water partition coefficient (Wildman–Crippen LogP) is 5.75. The van der Waals surface area contributed by atoms with Crippen LogP contribution in [0.1, 0.15) is 22.8 Å². The summed E-state index contributed by atoms with van der Waals surface area (Å²) >= 11 is 5.94. The molecule has 2 aromatic carbocycles. The van der Waals surface area contributed by atoms with Gasteiger partial charge in [-0.3, -0.25) is 0 Å². The summed E-state index contributed by atoms with van der Waals surface area (Å²) in [7, 11) is 0. The molecule has 1 aromatic heterocycles. The van der Waals surface area contributed by atoms with E-state index in [0.29, 0.717) is 28.7 Å². The molecule has 3 rings (SSSR count). The number of carbonyl (C=O) groups excluding carboxylic acids is 1. The van der Waals surface area contributed by atoms with E-state index in [0.717, 1.165) is 16.7 Å². The molecule has 0 N–H and O–H groups in total. The van der Waals surface area contributed by atoms with Gasteiger partial charge in [-0.05, 0) is 44.2 Å². The quantitative estimate of drug-likeness (QED) is 0.567. The molecule has 1 heterocycles. The summed E-state index contributed by atoms with van der Waals surface area (Å²) in [6.07, 6.45) is 0. The average molecular weight is 341 g/mol. The molecule has 0 amide bonds. The summed E-state index contributed by atoms with van der Waals surface area (Å²) in [6, 6.07) is 16.8. The molecule has 0 unspecified atom stereocenters. The van der Waals surface area contributed by atoms with Gasteiger partial charge in [0.1, 0.15) is 17.1 Å². The number of benzene rings is 2. The number of rotatable bonds is 4. The molecule has 0 fully saturated rings. The Morgan fingerprint density at radius 2 is 1.67 bits per heavy atom. The lowest BCUT2D eigenvalue weighted by Crippen LogP contribution is -2.04. The van der Waals surface area contributed by atoms with Crippen LogP contribution in [0.15, 0.2) is 59.0 Å². The second-order valence-electron chi connectivity index (χ2n) is 5.45. The number of hydrogen-bond donors (Lipinski definition) is 0. The molecular weight excluding hydrogens is 324 g/mol. The van der Waals surface area contributed by atoms with E-state index in [4.69, 9.17) is 20.8 Å². The molecule has 0 saturated carbocycles. The first kappa shape index (κ1) is 16.3. The van der Waals surface area contributed by atoms with Gasteiger partial charge in [-0.2, -0.15) is 0 Å². The van der Waals surface area contributed by atoms with Crippen molar-refractivity contribution in [2.75, 3.05) is 6.61 Å². The third-order valence-electron chi connectivity index (χ3n) is 3.67. The highest BCUT2D eigenvalue weighted by Crippen LogP contribution is 2.33. The zero-order chi connectivity index (χ0) is 17.1. The van der Waals surface area contributed by atoms with Crippen molar-refractivity contribution in [1.82, 2.24) is 0 Å². The van der Waals surface area contributed by atoms with Crippen LogP contribution in [0.4, 0.5) is 0 Å². The van der Waals surface area contributed by atoms with E-state index < -0.39 is 5.97 Å². The molecule has 0 saturated heterocycles.